The van der Waals surface area contributed by atoms with Gasteiger partial charge in [-0.15, -0.1) is 0 Å². The summed E-state index contributed by atoms with van der Waals surface area (Å²) in [5.41, 5.74) is 0.700. The van der Waals surface area contributed by atoms with Gasteiger partial charge in [0, 0.05) is 19.2 Å². The zero-order valence-electron chi connectivity index (χ0n) is 11.4. The lowest BCUT2D eigenvalue weighted by molar-refractivity contribution is -0.116. The van der Waals surface area contributed by atoms with Crippen LogP contribution < -0.4 is 10.1 Å². The van der Waals surface area contributed by atoms with Gasteiger partial charge >= 0.3 is 0 Å². The third-order valence-electron chi connectivity index (χ3n) is 2.94. The number of carbonyl (C=O) groups is 1. The fourth-order valence-corrected chi connectivity index (χ4v) is 2.85. The highest BCUT2D eigenvalue weighted by Gasteiger charge is 2.21. The molecule has 0 aliphatic carbocycles. The van der Waals surface area contributed by atoms with E-state index in [1.54, 1.807) is 25.3 Å². The highest BCUT2D eigenvalue weighted by atomic mass is 35.5. The molecule has 1 aliphatic rings. The van der Waals surface area contributed by atoms with Gasteiger partial charge in [0.25, 0.3) is 0 Å². The molecule has 0 aromatic heterocycles. The lowest BCUT2D eigenvalue weighted by Crippen LogP contribution is -2.25. The minimum Gasteiger partial charge on any atom is -0.490 e. The molecule has 0 unspecified atom stereocenters. The van der Waals surface area contributed by atoms with E-state index >= 15 is 0 Å². The summed E-state index contributed by atoms with van der Waals surface area (Å²) in [6.07, 6.45) is 0.580. The molecule has 1 aromatic rings. The van der Waals surface area contributed by atoms with Gasteiger partial charge in [-0.3, -0.25) is 4.79 Å². The van der Waals surface area contributed by atoms with Crippen LogP contribution >= 0.6 is 23.4 Å². The van der Waals surface area contributed by atoms with Crippen molar-refractivity contribution in [1.82, 2.24) is 0 Å². The molecule has 1 amide bonds. The van der Waals surface area contributed by atoms with E-state index in [1.807, 2.05) is 11.8 Å². The molecule has 1 saturated heterocycles. The SMILES string of the molecule is COCCOc1ccc(NC(=O)CC2CSC2)cc1Cl. The number of thioether (sulfide) groups is 1. The van der Waals surface area contributed by atoms with Crippen LogP contribution in [0.15, 0.2) is 18.2 Å². The average Bonchev–Trinajstić information content (AvgIpc) is 2.37. The molecule has 2 rings (SSSR count). The van der Waals surface area contributed by atoms with Crippen molar-refractivity contribution in [1.29, 1.82) is 0 Å². The number of ether oxygens (including phenoxy) is 2. The Morgan fingerprint density at radius 3 is 2.85 bits per heavy atom. The van der Waals surface area contributed by atoms with Crippen LogP contribution in [0.1, 0.15) is 6.42 Å². The van der Waals surface area contributed by atoms with E-state index in [1.165, 1.54) is 0 Å². The maximum Gasteiger partial charge on any atom is 0.224 e. The summed E-state index contributed by atoms with van der Waals surface area (Å²) in [5.74, 6) is 3.32. The van der Waals surface area contributed by atoms with E-state index in [9.17, 15) is 4.79 Å². The van der Waals surface area contributed by atoms with E-state index < -0.39 is 0 Å². The van der Waals surface area contributed by atoms with E-state index in [0.717, 1.165) is 11.5 Å². The van der Waals surface area contributed by atoms with Gasteiger partial charge in [0.2, 0.25) is 5.91 Å². The Kier molecular flexibility index (Phi) is 6.01. The first-order chi connectivity index (χ1) is 9.69. The molecule has 0 spiro atoms. The summed E-state index contributed by atoms with van der Waals surface area (Å²) in [6, 6.07) is 5.26. The first-order valence-electron chi connectivity index (χ1n) is 6.48. The fourth-order valence-electron chi connectivity index (χ4n) is 1.81. The molecule has 1 aliphatic heterocycles. The zero-order chi connectivity index (χ0) is 14.4. The smallest absolute Gasteiger partial charge is 0.224 e. The lowest BCUT2D eigenvalue weighted by atomic mass is 10.1. The molecule has 1 fully saturated rings. The van der Waals surface area contributed by atoms with Gasteiger partial charge in [0.1, 0.15) is 12.4 Å². The zero-order valence-corrected chi connectivity index (χ0v) is 12.9. The molecule has 0 radical (unpaired) electrons. The number of methoxy groups -OCH3 is 1. The summed E-state index contributed by atoms with van der Waals surface area (Å²) in [5, 5.41) is 3.35. The molecule has 1 aromatic carbocycles. The molecular formula is C14H18ClNO3S. The topological polar surface area (TPSA) is 47.6 Å². The Morgan fingerprint density at radius 1 is 1.45 bits per heavy atom. The summed E-state index contributed by atoms with van der Waals surface area (Å²) in [4.78, 5) is 11.8. The van der Waals surface area contributed by atoms with Crippen molar-refractivity contribution < 1.29 is 14.3 Å². The first-order valence-corrected chi connectivity index (χ1v) is 8.01. The summed E-state index contributed by atoms with van der Waals surface area (Å²) < 4.78 is 10.4. The normalized spacial score (nSPS) is 14.7. The highest BCUT2D eigenvalue weighted by Crippen LogP contribution is 2.29. The van der Waals surface area contributed by atoms with Gasteiger partial charge in [-0.1, -0.05) is 11.6 Å². The second-order valence-electron chi connectivity index (χ2n) is 4.64. The van der Waals surface area contributed by atoms with Gasteiger partial charge in [0.05, 0.1) is 11.6 Å². The fraction of sp³-hybridized carbons (Fsp3) is 0.500. The molecule has 0 atom stereocenters. The van der Waals surface area contributed by atoms with E-state index in [-0.39, 0.29) is 5.91 Å². The number of carbonyl (C=O) groups excluding carboxylic acids is 1. The van der Waals surface area contributed by atoms with Crippen LogP contribution in [0.5, 0.6) is 5.75 Å². The maximum atomic E-state index is 11.8. The lowest BCUT2D eigenvalue weighted by Gasteiger charge is -2.23. The Bertz CT molecular complexity index is 466. The minimum absolute atomic E-state index is 0.0411. The van der Waals surface area contributed by atoms with Crippen LogP contribution in [0.3, 0.4) is 0 Å². The number of rotatable bonds is 7. The largest absolute Gasteiger partial charge is 0.490 e. The third kappa shape index (κ3) is 4.58. The van der Waals surface area contributed by atoms with Crippen LogP contribution in [0.2, 0.25) is 5.02 Å². The van der Waals surface area contributed by atoms with Crippen molar-refractivity contribution in [3.63, 3.8) is 0 Å². The number of hydrogen-bond acceptors (Lipinski definition) is 4. The van der Waals surface area contributed by atoms with Crippen LogP contribution in [-0.4, -0.2) is 37.7 Å². The first kappa shape index (κ1) is 15.5. The quantitative estimate of drug-likeness (QED) is 0.786. The maximum absolute atomic E-state index is 11.8. The van der Waals surface area contributed by atoms with E-state index in [2.05, 4.69) is 5.32 Å². The molecule has 1 N–H and O–H groups in total. The molecule has 20 heavy (non-hydrogen) atoms. The predicted octanol–water partition coefficient (Wildman–Crippen LogP) is 3.06. The summed E-state index contributed by atoms with van der Waals surface area (Å²) in [7, 11) is 1.62. The van der Waals surface area contributed by atoms with Gasteiger partial charge in [-0.2, -0.15) is 11.8 Å². The van der Waals surface area contributed by atoms with Crippen molar-refractivity contribution in [3.8, 4) is 5.75 Å². The standard InChI is InChI=1S/C14H18ClNO3S/c1-18-4-5-19-13-3-2-11(7-12(13)15)16-14(17)6-10-8-20-9-10/h2-3,7,10H,4-6,8-9H2,1H3,(H,16,17). The summed E-state index contributed by atoms with van der Waals surface area (Å²) in [6.45, 7) is 0.954. The second kappa shape index (κ2) is 7.76. The third-order valence-corrected chi connectivity index (χ3v) is 4.65. The average molecular weight is 316 g/mol. The van der Waals surface area contributed by atoms with Crippen LogP contribution in [0.25, 0.3) is 0 Å². The number of benzene rings is 1. The monoisotopic (exact) mass is 315 g/mol. The molecular weight excluding hydrogens is 298 g/mol. The van der Waals surface area contributed by atoms with Crippen molar-refractivity contribution in [2.45, 2.75) is 6.42 Å². The van der Waals surface area contributed by atoms with E-state index in [4.69, 9.17) is 21.1 Å². The molecule has 0 saturated carbocycles. The second-order valence-corrected chi connectivity index (χ2v) is 6.12. The Hall–Kier alpha value is -0.910. The number of halogens is 1. The molecule has 110 valence electrons. The molecule has 6 heteroatoms. The van der Waals surface area contributed by atoms with Crippen LogP contribution in [0.4, 0.5) is 5.69 Å². The minimum atomic E-state index is 0.0411. The van der Waals surface area contributed by atoms with Crippen molar-refractivity contribution >= 4 is 35.0 Å². The number of amides is 1. The number of nitrogens with one attached hydrogen (secondary N) is 1. The Balaban J connectivity index is 1.85. The Labute approximate surface area is 128 Å². The molecule has 1 heterocycles. The van der Waals surface area contributed by atoms with Crippen molar-refractivity contribution in [3.05, 3.63) is 23.2 Å². The molecule has 4 nitrogen and oxygen atoms in total. The number of hydrogen-bond donors (Lipinski definition) is 1. The van der Waals surface area contributed by atoms with Crippen LogP contribution in [0, 0.1) is 5.92 Å². The predicted molar refractivity (Wildman–Crippen MR) is 82.9 cm³/mol. The summed E-state index contributed by atoms with van der Waals surface area (Å²) >= 11 is 7.99. The van der Waals surface area contributed by atoms with Gasteiger partial charge in [-0.05, 0) is 35.6 Å². The van der Waals surface area contributed by atoms with Crippen molar-refractivity contribution in [2.75, 3.05) is 37.1 Å². The van der Waals surface area contributed by atoms with Crippen LogP contribution in [-0.2, 0) is 9.53 Å². The molecule has 0 bridgehead atoms. The van der Waals surface area contributed by atoms with Gasteiger partial charge in [-0.25, -0.2) is 0 Å². The van der Waals surface area contributed by atoms with Crippen molar-refractivity contribution in [2.24, 2.45) is 5.92 Å². The highest BCUT2D eigenvalue weighted by molar-refractivity contribution is 8.00. The Morgan fingerprint density at radius 2 is 2.25 bits per heavy atom. The van der Waals surface area contributed by atoms with E-state index in [0.29, 0.717) is 42.0 Å². The van der Waals surface area contributed by atoms with Gasteiger partial charge in [0.15, 0.2) is 0 Å². The van der Waals surface area contributed by atoms with Gasteiger partial charge < -0.3 is 14.8 Å². The number of anilines is 1.